The summed E-state index contributed by atoms with van der Waals surface area (Å²) in [5, 5.41) is 0. The molecular weight excluding hydrogens is 350 g/mol. The monoisotopic (exact) mass is 374 g/mol. The predicted molar refractivity (Wildman–Crippen MR) is 95.8 cm³/mol. The van der Waals surface area contributed by atoms with Crippen LogP contribution in [0.2, 0.25) is 0 Å². The quantitative estimate of drug-likeness (QED) is 0.449. The molecule has 0 atom stereocenters. The summed E-state index contributed by atoms with van der Waals surface area (Å²) in [5.74, 6) is -1.96. The lowest BCUT2D eigenvalue weighted by molar-refractivity contribution is -0.912. The van der Waals surface area contributed by atoms with Crippen molar-refractivity contribution in [2.45, 2.75) is 26.7 Å². The lowest BCUT2D eigenvalue weighted by Crippen LogP contribution is -3.14. The molecule has 0 spiro atoms. The van der Waals surface area contributed by atoms with Crippen LogP contribution in [0.3, 0.4) is 0 Å². The number of ether oxygens (including phenoxy) is 1. The topological polar surface area (TPSA) is 88.4 Å². The number of esters is 1. The fraction of sp³-hybridized carbons (Fsp3) is 0.474. The summed E-state index contributed by atoms with van der Waals surface area (Å²) in [4.78, 5) is 52.0. The van der Waals surface area contributed by atoms with E-state index in [4.69, 9.17) is 4.74 Å². The third-order valence-electron chi connectivity index (χ3n) is 5.04. The van der Waals surface area contributed by atoms with Crippen LogP contribution in [0.5, 0.6) is 0 Å². The number of carbonyl (C=O) groups excluding carboxylic acids is 4. The highest BCUT2D eigenvalue weighted by Crippen LogP contribution is 2.22. The molecule has 2 heterocycles. The van der Waals surface area contributed by atoms with Gasteiger partial charge in [0.05, 0.1) is 31.3 Å². The Hall–Kier alpha value is -2.74. The van der Waals surface area contributed by atoms with Crippen molar-refractivity contribution in [2.24, 2.45) is 5.92 Å². The van der Waals surface area contributed by atoms with Crippen LogP contribution in [0.15, 0.2) is 24.3 Å². The number of nitrogens with zero attached hydrogens (tertiary/aromatic N) is 2. The van der Waals surface area contributed by atoms with E-state index < -0.39 is 17.8 Å². The van der Waals surface area contributed by atoms with Crippen LogP contribution in [0.25, 0.3) is 0 Å². The molecule has 1 aromatic rings. The molecule has 144 valence electrons. The van der Waals surface area contributed by atoms with Gasteiger partial charge in [-0.3, -0.25) is 14.4 Å². The molecule has 27 heavy (non-hydrogen) atoms. The summed E-state index contributed by atoms with van der Waals surface area (Å²) in [5.41, 5.74) is 1.39. The Kier molecular flexibility index (Phi) is 5.55. The van der Waals surface area contributed by atoms with Gasteiger partial charge < -0.3 is 9.64 Å². The number of nitrogens with one attached hydrogen (secondary N) is 1. The first-order chi connectivity index (χ1) is 12.9. The van der Waals surface area contributed by atoms with Crippen LogP contribution < -0.4 is 9.80 Å². The lowest BCUT2D eigenvalue weighted by Gasteiger charge is -2.29. The van der Waals surface area contributed by atoms with Crippen LogP contribution in [0.4, 0.5) is 10.5 Å². The first kappa shape index (κ1) is 19.0. The van der Waals surface area contributed by atoms with Gasteiger partial charge in [-0.05, 0) is 26.0 Å². The third kappa shape index (κ3) is 3.85. The molecule has 2 aliphatic heterocycles. The molecule has 2 aliphatic rings. The molecular formula is C19H24N3O5+. The maximum Gasteiger partial charge on any atom is 0.343 e. The zero-order chi connectivity index (χ0) is 19.6. The molecule has 2 saturated heterocycles. The summed E-state index contributed by atoms with van der Waals surface area (Å²) in [6.45, 7) is 5.44. The van der Waals surface area contributed by atoms with E-state index in [-0.39, 0.29) is 18.6 Å². The molecule has 0 bridgehead atoms. The van der Waals surface area contributed by atoms with E-state index in [1.807, 2.05) is 6.92 Å². The Morgan fingerprint density at radius 2 is 1.74 bits per heavy atom. The van der Waals surface area contributed by atoms with Crippen molar-refractivity contribution in [3.63, 3.8) is 0 Å². The van der Waals surface area contributed by atoms with Gasteiger partial charge in [0.25, 0.3) is 0 Å². The summed E-state index contributed by atoms with van der Waals surface area (Å²) >= 11 is 0. The zero-order valence-corrected chi connectivity index (χ0v) is 15.6. The van der Waals surface area contributed by atoms with E-state index in [1.165, 1.54) is 0 Å². The molecule has 2 fully saturated rings. The Bertz CT molecular complexity index is 753. The number of benzene rings is 1. The molecule has 3 rings (SSSR count). The largest absolute Gasteiger partial charge is 0.466 e. The Labute approximate surface area is 157 Å². The lowest BCUT2D eigenvalue weighted by atomic mass is 9.97. The second-order valence-corrected chi connectivity index (χ2v) is 6.93. The Morgan fingerprint density at radius 1 is 1.11 bits per heavy atom. The molecule has 8 heteroatoms. The number of urea groups is 1. The predicted octanol–water partition coefficient (Wildman–Crippen LogP) is 0.106. The van der Waals surface area contributed by atoms with Crippen molar-refractivity contribution in [1.82, 2.24) is 4.90 Å². The van der Waals surface area contributed by atoms with Crippen molar-refractivity contribution in [1.29, 1.82) is 0 Å². The Morgan fingerprint density at radius 3 is 2.33 bits per heavy atom. The van der Waals surface area contributed by atoms with Crippen LogP contribution in [-0.4, -0.2) is 55.1 Å². The molecule has 0 aliphatic carbocycles. The number of quaternary nitrogens is 1. The summed E-state index contributed by atoms with van der Waals surface area (Å²) in [6, 6.07) is 6.26. The second kappa shape index (κ2) is 7.87. The van der Waals surface area contributed by atoms with Crippen molar-refractivity contribution in [3.05, 3.63) is 29.8 Å². The fourth-order valence-corrected chi connectivity index (χ4v) is 3.47. The van der Waals surface area contributed by atoms with Crippen LogP contribution in [-0.2, 0) is 19.1 Å². The first-order valence-electron chi connectivity index (χ1n) is 9.19. The van der Waals surface area contributed by atoms with Gasteiger partial charge in [0.15, 0.2) is 6.67 Å². The summed E-state index contributed by atoms with van der Waals surface area (Å²) in [7, 11) is 0. The average Bonchev–Trinajstić information content (AvgIpc) is 2.87. The number of rotatable bonds is 5. The van der Waals surface area contributed by atoms with Crippen LogP contribution >= 0.6 is 0 Å². The van der Waals surface area contributed by atoms with Crippen molar-refractivity contribution in [3.8, 4) is 0 Å². The number of hydrogen-bond donors (Lipinski definition) is 1. The van der Waals surface area contributed by atoms with E-state index >= 15 is 0 Å². The van der Waals surface area contributed by atoms with Crippen LogP contribution in [0.1, 0.15) is 25.3 Å². The number of imide groups is 2. The van der Waals surface area contributed by atoms with E-state index in [9.17, 15) is 19.2 Å². The first-order valence-corrected chi connectivity index (χ1v) is 9.19. The number of amides is 4. The summed E-state index contributed by atoms with van der Waals surface area (Å²) < 4.78 is 5.05. The van der Waals surface area contributed by atoms with Crippen LogP contribution in [0, 0.1) is 12.8 Å². The van der Waals surface area contributed by atoms with Gasteiger partial charge in [-0.15, -0.1) is 0 Å². The number of anilines is 1. The van der Waals surface area contributed by atoms with E-state index in [2.05, 4.69) is 0 Å². The second-order valence-electron chi connectivity index (χ2n) is 6.93. The Balaban J connectivity index is 1.63. The maximum atomic E-state index is 12.7. The number of carbonyl (C=O) groups is 4. The van der Waals surface area contributed by atoms with E-state index in [0.29, 0.717) is 38.2 Å². The van der Waals surface area contributed by atoms with Gasteiger partial charge in [-0.2, -0.15) is 0 Å². The minimum absolute atomic E-state index is 0.126. The van der Waals surface area contributed by atoms with Crippen molar-refractivity contribution >= 4 is 29.5 Å². The molecule has 0 unspecified atom stereocenters. The SMILES string of the molecule is CCOC(=O)C1CC[NH+](CN2C(=O)C(=O)N(c3ccc(C)cc3)C2=O)CC1. The molecule has 8 nitrogen and oxygen atoms in total. The molecule has 0 radical (unpaired) electrons. The maximum absolute atomic E-state index is 12.7. The molecule has 0 saturated carbocycles. The average molecular weight is 374 g/mol. The number of aryl methyl sites for hydroxylation is 1. The normalized spacial score (nSPS) is 23.1. The van der Waals surface area contributed by atoms with Crippen molar-refractivity contribution in [2.75, 3.05) is 31.3 Å². The smallest absolute Gasteiger partial charge is 0.343 e. The van der Waals surface area contributed by atoms with Gasteiger partial charge in [0.2, 0.25) is 0 Å². The molecule has 0 aromatic heterocycles. The molecule has 1 aromatic carbocycles. The highest BCUT2D eigenvalue weighted by molar-refractivity contribution is 6.52. The number of piperidine rings is 1. The fourth-order valence-electron chi connectivity index (χ4n) is 3.47. The van der Waals surface area contributed by atoms with Gasteiger partial charge in [0.1, 0.15) is 0 Å². The molecule has 1 N–H and O–H groups in total. The number of likely N-dealkylation sites (tertiary alicyclic amines) is 1. The van der Waals surface area contributed by atoms with E-state index in [0.717, 1.165) is 20.3 Å². The third-order valence-corrected chi connectivity index (χ3v) is 5.04. The highest BCUT2D eigenvalue weighted by Gasteiger charge is 2.47. The number of hydrogen-bond acceptors (Lipinski definition) is 5. The minimum Gasteiger partial charge on any atom is -0.466 e. The van der Waals surface area contributed by atoms with Crippen molar-refractivity contribution < 1.29 is 28.8 Å². The minimum atomic E-state index is -0.829. The van der Waals surface area contributed by atoms with Gasteiger partial charge in [0, 0.05) is 12.8 Å². The zero-order valence-electron chi connectivity index (χ0n) is 15.6. The molecule has 4 amide bonds. The van der Waals surface area contributed by atoms with Gasteiger partial charge in [-0.1, -0.05) is 17.7 Å². The van der Waals surface area contributed by atoms with E-state index in [1.54, 1.807) is 31.2 Å². The van der Waals surface area contributed by atoms with Gasteiger partial charge in [-0.25, -0.2) is 14.6 Å². The summed E-state index contributed by atoms with van der Waals surface area (Å²) in [6.07, 6.45) is 1.28. The standard InChI is InChI=1S/C19H23N3O5/c1-3-27-18(25)14-8-10-20(11-9-14)12-21-16(23)17(24)22(19(21)26)15-6-4-13(2)5-7-15/h4-7,14H,3,8-12H2,1-2H3/p+1. The highest BCUT2D eigenvalue weighted by atomic mass is 16.5. The van der Waals surface area contributed by atoms with Gasteiger partial charge >= 0.3 is 23.8 Å².